The van der Waals surface area contributed by atoms with Crippen LogP contribution in [0.4, 0.5) is 0 Å². The lowest BCUT2D eigenvalue weighted by molar-refractivity contribution is -0.229. The van der Waals surface area contributed by atoms with Gasteiger partial charge >= 0.3 is 0 Å². The van der Waals surface area contributed by atoms with Crippen molar-refractivity contribution >= 4 is 0 Å². The number of hydrogen-bond acceptors (Lipinski definition) is 4. The number of rotatable bonds is 1. The second kappa shape index (κ2) is 3.30. The Balaban J connectivity index is 2.65. The summed E-state index contributed by atoms with van der Waals surface area (Å²) in [6.07, 6.45) is -0.0804. The van der Waals surface area contributed by atoms with Gasteiger partial charge in [-0.25, -0.2) is 0 Å². The van der Waals surface area contributed by atoms with E-state index in [-0.39, 0.29) is 18.4 Å². The van der Waals surface area contributed by atoms with E-state index in [1.807, 2.05) is 6.92 Å². The summed E-state index contributed by atoms with van der Waals surface area (Å²) in [7, 11) is 1.56. The molecule has 72 valence electrons. The van der Waals surface area contributed by atoms with E-state index in [9.17, 15) is 5.11 Å². The number of methoxy groups -OCH3 is 1. The first kappa shape index (κ1) is 9.92. The molecule has 0 aromatic heterocycles. The molecule has 1 rings (SSSR count). The van der Waals surface area contributed by atoms with E-state index in [0.717, 1.165) is 0 Å². The molecule has 12 heavy (non-hydrogen) atoms. The van der Waals surface area contributed by atoms with Crippen LogP contribution >= 0.6 is 0 Å². The third-order valence-corrected chi connectivity index (χ3v) is 2.43. The normalized spacial score (nSPS) is 49.2. The average molecular weight is 175 g/mol. The van der Waals surface area contributed by atoms with Crippen LogP contribution in [0.3, 0.4) is 0 Å². The van der Waals surface area contributed by atoms with Gasteiger partial charge in [0.25, 0.3) is 0 Å². The van der Waals surface area contributed by atoms with Crippen molar-refractivity contribution in [2.75, 3.05) is 7.11 Å². The minimum Gasteiger partial charge on any atom is -0.388 e. The monoisotopic (exact) mass is 175 g/mol. The Hall–Kier alpha value is -0.160. The zero-order valence-corrected chi connectivity index (χ0v) is 7.78. The van der Waals surface area contributed by atoms with E-state index in [4.69, 9.17) is 15.2 Å². The zero-order chi connectivity index (χ0) is 9.35. The highest BCUT2D eigenvalue weighted by molar-refractivity contribution is 4.93. The first-order chi connectivity index (χ1) is 5.47. The van der Waals surface area contributed by atoms with Gasteiger partial charge < -0.3 is 20.3 Å². The van der Waals surface area contributed by atoms with E-state index in [1.165, 1.54) is 0 Å². The van der Waals surface area contributed by atoms with Gasteiger partial charge in [0.1, 0.15) is 0 Å². The van der Waals surface area contributed by atoms with Crippen molar-refractivity contribution < 1.29 is 14.6 Å². The SMILES string of the molecule is COC1CC(C)(O)C(N)C(C)O1. The topological polar surface area (TPSA) is 64.7 Å². The third kappa shape index (κ3) is 1.77. The number of nitrogens with two attached hydrogens (primary N) is 1. The lowest BCUT2D eigenvalue weighted by atomic mass is 9.87. The highest BCUT2D eigenvalue weighted by atomic mass is 16.7. The Bertz CT molecular complexity index is 160. The first-order valence-corrected chi connectivity index (χ1v) is 4.13. The van der Waals surface area contributed by atoms with Gasteiger partial charge in [0.15, 0.2) is 6.29 Å². The van der Waals surface area contributed by atoms with Crippen molar-refractivity contribution in [1.29, 1.82) is 0 Å². The summed E-state index contributed by atoms with van der Waals surface area (Å²) in [5.74, 6) is 0. The lowest BCUT2D eigenvalue weighted by Gasteiger charge is -2.42. The fraction of sp³-hybridized carbons (Fsp3) is 1.00. The molecular formula is C8H17NO3. The largest absolute Gasteiger partial charge is 0.388 e. The molecule has 0 bridgehead atoms. The van der Waals surface area contributed by atoms with Gasteiger partial charge in [-0.15, -0.1) is 0 Å². The molecule has 4 heteroatoms. The van der Waals surface area contributed by atoms with Crippen LogP contribution < -0.4 is 5.73 Å². The molecule has 4 atom stereocenters. The van der Waals surface area contributed by atoms with Crippen LogP contribution in [0, 0.1) is 0 Å². The molecule has 4 nitrogen and oxygen atoms in total. The maximum atomic E-state index is 9.83. The van der Waals surface area contributed by atoms with Crippen molar-refractivity contribution in [3.63, 3.8) is 0 Å². The molecule has 1 fully saturated rings. The number of ether oxygens (including phenoxy) is 2. The summed E-state index contributed by atoms with van der Waals surface area (Å²) in [6.45, 7) is 3.55. The Morgan fingerprint density at radius 2 is 2.25 bits per heavy atom. The van der Waals surface area contributed by atoms with Crippen LogP contribution in [0.25, 0.3) is 0 Å². The quantitative estimate of drug-likeness (QED) is 0.581. The molecule has 1 saturated heterocycles. The van der Waals surface area contributed by atoms with Crippen LogP contribution in [0.2, 0.25) is 0 Å². The van der Waals surface area contributed by atoms with E-state index in [0.29, 0.717) is 6.42 Å². The van der Waals surface area contributed by atoms with Gasteiger partial charge in [-0.2, -0.15) is 0 Å². The Labute approximate surface area is 72.6 Å². The summed E-state index contributed by atoms with van der Waals surface area (Å²) in [6, 6.07) is -0.344. The van der Waals surface area contributed by atoms with Crippen molar-refractivity contribution in [1.82, 2.24) is 0 Å². The molecule has 0 radical (unpaired) electrons. The van der Waals surface area contributed by atoms with Gasteiger partial charge in [-0.05, 0) is 13.8 Å². The number of aliphatic hydroxyl groups is 1. The molecule has 1 heterocycles. The van der Waals surface area contributed by atoms with Crippen molar-refractivity contribution in [2.45, 2.75) is 44.3 Å². The Kier molecular flexibility index (Phi) is 2.73. The van der Waals surface area contributed by atoms with Gasteiger partial charge in [0, 0.05) is 13.5 Å². The standard InChI is InChI=1S/C8H17NO3/c1-5-7(9)8(2,10)4-6(11-3)12-5/h5-7,10H,4,9H2,1-3H3. The predicted molar refractivity (Wildman–Crippen MR) is 44.6 cm³/mol. The highest BCUT2D eigenvalue weighted by Gasteiger charge is 2.41. The van der Waals surface area contributed by atoms with Crippen molar-refractivity contribution in [3.8, 4) is 0 Å². The summed E-state index contributed by atoms with van der Waals surface area (Å²) in [4.78, 5) is 0. The highest BCUT2D eigenvalue weighted by Crippen LogP contribution is 2.27. The second-order valence-electron chi connectivity index (χ2n) is 3.59. The van der Waals surface area contributed by atoms with E-state index in [1.54, 1.807) is 14.0 Å². The van der Waals surface area contributed by atoms with Gasteiger partial charge in [-0.1, -0.05) is 0 Å². The lowest BCUT2D eigenvalue weighted by Crippen LogP contribution is -2.59. The maximum Gasteiger partial charge on any atom is 0.160 e. The summed E-state index contributed by atoms with van der Waals surface area (Å²) in [5.41, 5.74) is 4.85. The van der Waals surface area contributed by atoms with Crippen LogP contribution in [-0.2, 0) is 9.47 Å². The third-order valence-electron chi connectivity index (χ3n) is 2.43. The molecule has 4 unspecified atom stereocenters. The van der Waals surface area contributed by atoms with E-state index < -0.39 is 5.60 Å². The van der Waals surface area contributed by atoms with E-state index >= 15 is 0 Å². The van der Waals surface area contributed by atoms with Gasteiger partial charge in [0.05, 0.1) is 17.7 Å². The molecule has 1 aliphatic rings. The fourth-order valence-electron chi connectivity index (χ4n) is 1.49. The average Bonchev–Trinajstić information content (AvgIpc) is 1.99. The zero-order valence-electron chi connectivity index (χ0n) is 7.78. The van der Waals surface area contributed by atoms with Crippen LogP contribution in [-0.4, -0.2) is 36.3 Å². The molecule has 0 aromatic carbocycles. The molecule has 0 spiro atoms. The van der Waals surface area contributed by atoms with Crippen molar-refractivity contribution in [3.05, 3.63) is 0 Å². The molecule has 3 N–H and O–H groups in total. The summed E-state index contributed by atoms with van der Waals surface area (Å²) < 4.78 is 10.4. The fourth-order valence-corrected chi connectivity index (χ4v) is 1.49. The minimum absolute atomic E-state index is 0.168. The molecule has 1 aliphatic heterocycles. The van der Waals surface area contributed by atoms with Crippen LogP contribution in [0.15, 0.2) is 0 Å². The second-order valence-corrected chi connectivity index (χ2v) is 3.59. The van der Waals surface area contributed by atoms with Gasteiger partial charge in [-0.3, -0.25) is 0 Å². The minimum atomic E-state index is -0.891. The molecule has 0 saturated carbocycles. The van der Waals surface area contributed by atoms with Crippen LogP contribution in [0.1, 0.15) is 20.3 Å². The Morgan fingerprint density at radius 3 is 2.67 bits per heavy atom. The molecule has 0 amide bonds. The van der Waals surface area contributed by atoms with Gasteiger partial charge in [0.2, 0.25) is 0 Å². The van der Waals surface area contributed by atoms with E-state index in [2.05, 4.69) is 0 Å². The molecular weight excluding hydrogens is 158 g/mol. The molecule has 0 aliphatic carbocycles. The Morgan fingerprint density at radius 1 is 1.67 bits per heavy atom. The van der Waals surface area contributed by atoms with Crippen molar-refractivity contribution in [2.24, 2.45) is 5.73 Å². The smallest absolute Gasteiger partial charge is 0.160 e. The van der Waals surface area contributed by atoms with Crippen LogP contribution in [0.5, 0.6) is 0 Å². The maximum absolute atomic E-state index is 9.83. The molecule has 0 aromatic rings. The summed E-state index contributed by atoms with van der Waals surface area (Å²) >= 11 is 0. The first-order valence-electron chi connectivity index (χ1n) is 4.13. The summed E-state index contributed by atoms with van der Waals surface area (Å²) in [5, 5.41) is 9.83. The predicted octanol–water partition coefficient (Wildman–Crippen LogP) is -0.154. The number of hydrogen-bond donors (Lipinski definition) is 2.